The Morgan fingerprint density at radius 3 is 2.50 bits per heavy atom. The van der Waals surface area contributed by atoms with Crippen LogP contribution >= 0.6 is 0 Å². The lowest BCUT2D eigenvalue weighted by Gasteiger charge is -2.09. The van der Waals surface area contributed by atoms with Crippen molar-refractivity contribution >= 4 is 11.9 Å². The SMILES string of the molecule is COc1ccc(-c2cnc(NC(=O)c3ccccc3C)n2C)cc1. The zero-order valence-corrected chi connectivity index (χ0v) is 13.9. The van der Waals surface area contributed by atoms with E-state index >= 15 is 0 Å². The first-order valence-electron chi connectivity index (χ1n) is 7.63. The largest absolute Gasteiger partial charge is 0.497 e. The van der Waals surface area contributed by atoms with Gasteiger partial charge >= 0.3 is 0 Å². The van der Waals surface area contributed by atoms with Gasteiger partial charge in [-0.1, -0.05) is 18.2 Å². The van der Waals surface area contributed by atoms with Gasteiger partial charge in [0.2, 0.25) is 5.95 Å². The Kier molecular flexibility index (Phi) is 4.33. The Labute approximate surface area is 140 Å². The van der Waals surface area contributed by atoms with Gasteiger partial charge in [-0.2, -0.15) is 0 Å². The third kappa shape index (κ3) is 3.01. The first-order valence-corrected chi connectivity index (χ1v) is 7.63. The van der Waals surface area contributed by atoms with Gasteiger partial charge in [-0.3, -0.25) is 10.1 Å². The Morgan fingerprint density at radius 1 is 1.12 bits per heavy atom. The summed E-state index contributed by atoms with van der Waals surface area (Å²) < 4.78 is 7.03. The Balaban J connectivity index is 1.84. The second-order valence-electron chi connectivity index (χ2n) is 5.52. The number of rotatable bonds is 4. The maximum absolute atomic E-state index is 12.4. The smallest absolute Gasteiger partial charge is 0.258 e. The fourth-order valence-corrected chi connectivity index (χ4v) is 2.55. The van der Waals surface area contributed by atoms with Crippen LogP contribution < -0.4 is 10.1 Å². The molecule has 1 N–H and O–H groups in total. The van der Waals surface area contributed by atoms with E-state index in [0.29, 0.717) is 11.5 Å². The van der Waals surface area contributed by atoms with Gasteiger partial charge in [-0.25, -0.2) is 4.98 Å². The summed E-state index contributed by atoms with van der Waals surface area (Å²) in [5.74, 6) is 1.14. The molecule has 1 aromatic heterocycles. The highest BCUT2D eigenvalue weighted by atomic mass is 16.5. The van der Waals surface area contributed by atoms with Crippen LogP contribution in [0.15, 0.2) is 54.7 Å². The zero-order valence-electron chi connectivity index (χ0n) is 13.9. The van der Waals surface area contributed by atoms with Crippen LogP contribution in [0.3, 0.4) is 0 Å². The summed E-state index contributed by atoms with van der Waals surface area (Å²) in [6.07, 6.45) is 1.75. The van der Waals surface area contributed by atoms with Crippen molar-refractivity contribution in [3.8, 4) is 17.0 Å². The molecule has 24 heavy (non-hydrogen) atoms. The number of aromatic nitrogens is 2. The molecule has 0 fully saturated rings. The monoisotopic (exact) mass is 321 g/mol. The van der Waals surface area contributed by atoms with Crippen LogP contribution in [0.5, 0.6) is 5.75 Å². The normalized spacial score (nSPS) is 10.5. The van der Waals surface area contributed by atoms with E-state index in [4.69, 9.17) is 4.74 Å². The highest BCUT2D eigenvalue weighted by molar-refractivity contribution is 6.04. The molecule has 0 saturated carbocycles. The first-order chi connectivity index (χ1) is 11.6. The molecule has 2 aromatic carbocycles. The number of hydrogen-bond acceptors (Lipinski definition) is 3. The standard InChI is InChI=1S/C19H19N3O2/c1-13-6-4-5-7-16(13)18(23)21-19-20-12-17(22(19)2)14-8-10-15(24-3)11-9-14/h4-12H,1-3H3,(H,20,21,23). The zero-order chi connectivity index (χ0) is 17.1. The van der Waals surface area contributed by atoms with Gasteiger partial charge in [0.15, 0.2) is 0 Å². The number of methoxy groups -OCH3 is 1. The van der Waals surface area contributed by atoms with E-state index in [1.165, 1.54) is 0 Å². The van der Waals surface area contributed by atoms with Crippen LogP contribution in [0.25, 0.3) is 11.3 Å². The van der Waals surface area contributed by atoms with Crippen LogP contribution in [-0.4, -0.2) is 22.6 Å². The van der Waals surface area contributed by atoms with E-state index in [2.05, 4.69) is 10.3 Å². The van der Waals surface area contributed by atoms with E-state index in [1.807, 2.05) is 61.0 Å². The molecular formula is C19H19N3O2. The number of hydrogen-bond donors (Lipinski definition) is 1. The van der Waals surface area contributed by atoms with Crippen molar-refractivity contribution in [3.05, 3.63) is 65.9 Å². The van der Waals surface area contributed by atoms with Gasteiger partial charge in [-0.15, -0.1) is 0 Å². The quantitative estimate of drug-likeness (QED) is 0.798. The number of anilines is 1. The van der Waals surface area contributed by atoms with Gasteiger partial charge in [0.05, 0.1) is 19.0 Å². The lowest BCUT2D eigenvalue weighted by Crippen LogP contribution is -2.16. The highest BCUT2D eigenvalue weighted by Crippen LogP contribution is 2.24. The average Bonchev–Trinajstić information content (AvgIpc) is 2.96. The van der Waals surface area contributed by atoms with Crippen molar-refractivity contribution in [1.29, 1.82) is 0 Å². The van der Waals surface area contributed by atoms with Gasteiger partial charge in [0, 0.05) is 18.2 Å². The molecule has 0 aliphatic carbocycles. The van der Waals surface area contributed by atoms with E-state index in [9.17, 15) is 4.79 Å². The number of aryl methyl sites for hydroxylation is 1. The number of nitrogens with one attached hydrogen (secondary N) is 1. The van der Waals surface area contributed by atoms with Crippen molar-refractivity contribution in [2.45, 2.75) is 6.92 Å². The molecule has 0 aliphatic rings. The van der Waals surface area contributed by atoms with E-state index < -0.39 is 0 Å². The number of carbonyl (C=O) groups is 1. The molecule has 0 saturated heterocycles. The molecule has 5 nitrogen and oxygen atoms in total. The van der Waals surface area contributed by atoms with Crippen molar-refractivity contribution in [2.24, 2.45) is 7.05 Å². The summed E-state index contributed by atoms with van der Waals surface area (Å²) in [4.78, 5) is 16.8. The fraction of sp³-hybridized carbons (Fsp3) is 0.158. The third-order valence-electron chi connectivity index (χ3n) is 3.99. The van der Waals surface area contributed by atoms with Gasteiger partial charge in [0.25, 0.3) is 5.91 Å². The van der Waals surface area contributed by atoms with Crippen molar-refractivity contribution in [3.63, 3.8) is 0 Å². The molecule has 1 heterocycles. The molecule has 0 bridgehead atoms. The molecule has 0 unspecified atom stereocenters. The molecule has 122 valence electrons. The lowest BCUT2D eigenvalue weighted by molar-refractivity contribution is 0.102. The van der Waals surface area contributed by atoms with Gasteiger partial charge < -0.3 is 9.30 Å². The summed E-state index contributed by atoms with van der Waals surface area (Å²) in [6, 6.07) is 15.2. The summed E-state index contributed by atoms with van der Waals surface area (Å²) in [5.41, 5.74) is 3.49. The Morgan fingerprint density at radius 2 is 1.83 bits per heavy atom. The average molecular weight is 321 g/mol. The minimum Gasteiger partial charge on any atom is -0.497 e. The van der Waals surface area contributed by atoms with E-state index in [0.717, 1.165) is 22.6 Å². The van der Waals surface area contributed by atoms with E-state index in [-0.39, 0.29) is 5.91 Å². The number of ether oxygens (including phenoxy) is 1. The number of imidazole rings is 1. The first kappa shape index (κ1) is 15.8. The van der Waals surface area contributed by atoms with Gasteiger partial charge in [-0.05, 0) is 42.8 Å². The van der Waals surface area contributed by atoms with Crippen molar-refractivity contribution < 1.29 is 9.53 Å². The molecule has 0 radical (unpaired) electrons. The van der Waals surface area contributed by atoms with Crippen LogP contribution in [0, 0.1) is 6.92 Å². The van der Waals surface area contributed by atoms with Crippen molar-refractivity contribution in [2.75, 3.05) is 12.4 Å². The third-order valence-corrected chi connectivity index (χ3v) is 3.99. The molecule has 0 atom stereocenters. The summed E-state index contributed by atoms with van der Waals surface area (Å²) in [5, 5.41) is 2.87. The number of nitrogens with zero attached hydrogens (tertiary/aromatic N) is 2. The van der Waals surface area contributed by atoms with Crippen molar-refractivity contribution in [1.82, 2.24) is 9.55 Å². The Bertz CT molecular complexity index is 867. The second kappa shape index (κ2) is 6.58. The van der Waals surface area contributed by atoms with Gasteiger partial charge in [0.1, 0.15) is 5.75 Å². The van der Waals surface area contributed by atoms with Crippen LogP contribution in [0.1, 0.15) is 15.9 Å². The lowest BCUT2D eigenvalue weighted by atomic mass is 10.1. The predicted octanol–water partition coefficient (Wildman–Crippen LogP) is 3.66. The molecule has 5 heteroatoms. The fourth-order valence-electron chi connectivity index (χ4n) is 2.55. The molecule has 3 aromatic rings. The Hall–Kier alpha value is -3.08. The molecular weight excluding hydrogens is 302 g/mol. The minimum absolute atomic E-state index is 0.164. The number of amides is 1. The molecule has 0 aliphatic heterocycles. The van der Waals surface area contributed by atoms with Crippen LogP contribution in [-0.2, 0) is 7.05 Å². The predicted molar refractivity (Wildman–Crippen MR) is 94.3 cm³/mol. The summed E-state index contributed by atoms with van der Waals surface area (Å²) in [6.45, 7) is 1.91. The number of carbonyl (C=O) groups excluding carboxylic acids is 1. The molecule has 3 rings (SSSR count). The highest BCUT2D eigenvalue weighted by Gasteiger charge is 2.14. The van der Waals surface area contributed by atoms with E-state index in [1.54, 1.807) is 19.4 Å². The van der Waals surface area contributed by atoms with Crippen LogP contribution in [0.2, 0.25) is 0 Å². The summed E-state index contributed by atoms with van der Waals surface area (Å²) >= 11 is 0. The molecule has 1 amide bonds. The maximum Gasteiger partial charge on any atom is 0.258 e. The van der Waals surface area contributed by atoms with Crippen LogP contribution in [0.4, 0.5) is 5.95 Å². The molecule has 0 spiro atoms. The number of benzene rings is 2. The topological polar surface area (TPSA) is 56.1 Å². The summed E-state index contributed by atoms with van der Waals surface area (Å²) in [7, 11) is 3.51. The minimum atomic E-state index is -0.164. The maximum atomic E-state index is 12.4. The second-order valence-corrected chi connectivity index (χ2v) is 5.52.